The number of para-hydroxylation sites is 1. The van der Waals surface area contributed by atoms with Crippen LogP contribution in [-0.4, -0.2) is 67.3 Å². The number of carbonyl (C=O) groups is 1. The number of anilines is 1. The van der Waals surface area contributed by atoms with Crippen LogP contribution in [0.4, 0.5) is 9.52 Å². The summed E-state index contributed by atoms with van der Waals surface area (Å²) >= 11 is 1.27. The van der Waals surface area contributed by atoms with Crippen LogP contribution >= 0.6 is 11.3 Å². The Labute approximate surface area is 216 Å². The van der Waals surface area contributed by atoms with Crippen molar-refractivity contribution in [3.8, 4) is 0 Å². The molecule has 1 saturated heterocycles. The summed E-state index contributed by atoms with van der Waals surface area (Å²) < 4.78 is 42.9. The van der Waals surface area contributed by atoms with Gasteiger partial charge in [-0.25, -0.2) is 17.8 Å². The second-order valence-corrected chi connectivity index (χ2v) is 12.0. The van der Waals surface area contributed by atoms with Gasteiger partial charge in [-0.3, -0.25) is 9.69 Å². The minimum atomic E-state index is -3.63. The van der Waals surface area contributed by atoms with Gasteiger partial charge in [-0.15, -0.1) is 0 Å². The molecule has 0 saturated carbocycles. The topological polar surface area (TPSA) is 73.8 Å². The Balaban J connectivity index is 1.63. The Morgan fingerprint density at radius 2 is 1.83 bits per heavy atom. The minimum absolute atomic E-state index is 0.0416. The summed E-state index contributed by atoms with van der Waals surface area (Å²) in [6, 6.07) is 10.9. The normalized spacial score (nSPS) is 17.1. The van der Waals surface area contributed by atoms with Gasteiger partial charge in [-0.05, 0) is 69.3 Å². The lowest BCUT2D eigenvalue weighted by atomic mass is 10.1. The maximum Gasteiger partial charge on any atom is 0.260 e. The number of thiazole rings is 1. The zero-order valence-corrected chi connectivity index (χ0v) is 22.6. The van der Waals surface area contributed by atoms with Crippen molar-refractivity contribution in [3.63, 3.8) is 0 Å². The molecule has 0 N–H and O–H groups in total. The first-order valence-corrected chi connectivity index (χ1v) is 14.7. The number of carbonyl (C=O) groups excluding carboxylic acids is 1. The monoisotopic (exact) mass is 532 g/mol. The van der Waals surface area contributed by atoms with Crippen LogP contribution in [0.15, 0.2) is 47.4 Å². The summed E-state index contributed by atoms with van der Waals surface area (Å²) in [6.45, 7) is 9.27. The van der Waals surface area contributed by atoms with E-state index in [0.717, 1.165) is 32.4 Å². The SMILES string of the molecule is CCN(CC)CCN(C(=O)c1ccc(S(=O)(=O)N2CCCCC2C)cc1)c1nc2c(F)cccc2s1. The zero-order valence-electron chi connectivity index (χ0n) is 21.0. The highest BCUT2D eigenvalue weighted by Gasteiger charge is 2.31. The number of rotatable bonds is 9. The lowest BCUT2D eigenvalue weighted by Crippen LogP contribution is -2.42. The van der Waals surface area contributed by atoms with Crippen molar-refractivity contribution in [3.05, 3.63) is 53.8 Å². The molecule has 1 amide bonds. The second kappa shape index (κ2) is 11.3. The van der Waals surface area contributed by atoms with Crippen molar-refractivity contribution < 1.29 is 17.6 Å². The number of hydrogen-bond donors (Lipinski definition) is 0. The van der Waals surface area contributed by atoms with E-state index in [1.165, 1.54) is 29.5 Å². The highest BCUT2D eigenvalue weighted by atomic mass is 32.2. The number of likely N-dealkylation sites (N-methyl/N-ethyl adjacent to an activating group) is 1. The van der Waals surface area contributed by atoms with Gasteiger partial charge in [0.1, 0.15) is 11.3 Å². The van der Waals surface area contributed by atoms with Crippen molar-refractivity contribution in [2.24, 2.45) is 0 Å². The molecule has 36 heavy (non-hydrogen) atoms. The number of benzene rings is 2. The molecule has 0 bridgehead atoms. The number of aromatic nitrogens is 1. The Kier molecular flexibility index (Phi) is 8.39. The number of hydrogen-bond acceptors (Lipinski definition) is 6. The van der Waals surface area contributed by atoms with Crippen LogP contribution < -0.4 is 4.90 Å². The summed E-state index contributed by atoms with van der Waals surface area (Å²) in [6.07, 6.45) is 2.73. The van der Waals surface area contributed by atoms with Crippen LogP contribution in [0.25, 0.3) is 10.2 Å². The molecule has 4 rings (SSSR count). The maximum atomic E-state index is 14.3. The Morgan fingerprint density at radius 1 is 1.11 bits per heavy atom. The number of sulfonamides is 1. The van der Waals surface area contributed by atoms with Gasteiger partial charge in [-0.2, -0.15) is 4.31 Å². The van der Waals surface area contributed by atoms with Gasteiger partial charge in [0.15, 0.2) is 5.13 Å². The van der Waals surface area contributed by atoms with Crippen molar-refractivity contribution in [2.75, 3.05) is 37.6 Å². The molecule has 2 heterocycles. The van der Waals surface area contributed by atoms with Crippen LogP contribution in [0.1, 0.15) is 50.4 Å². The molecule has 1 aliphatic rings. The van der Waals surface area contributed by atoms with E-state index in [1.807, 2.05) is 6.92 Å². The van der Waals surface area contributed by atoms with E-state index >= 15 is 0 Å². The first-order chi connectivity index (χ1) is 17.3. The standard InChI is InChI=1S/C26H33FN4O3S2/c1-4-29(5-2)17-18-30(26-28-24-22(27)10-8-11-23(24)35-26)25(32)20-12-14-21(15-13-20)36(33,34)31-16-7-6-9-19(31)3/h8,10-15,19H,4-7,9,16-18H2,1-3H3. The largest absolute Gasteiger partial charge is 0.302 e. The molecule has 7 nitrogen and oxygen atoms in total. The highest BCUT2D eigenvalue weighted by molar-refractivity contribution is 7.89. The fourth-order valence-corrected chi connectivity index (χ4v) is 7.28. The Bertz CT molecular complexity index is 1310. The van der Waals surface area contributed by atoms with E-state index in [9.17, 15) is 17.6 Å². The fourth-order valence-electron chi connectivity index (χ4n) is 4.57. The molecule has 0 aliphatic carbocycles. The van der Waals surface area contributed by atoms with Crippen molar-refractivity contribution in [1.29, 1.82) is 0 Å². The summed E-state index contributed by atoms with van der Waals surface area (Å²) in [5.41, 5.74) is 0.607. The molecule has 1 unspecified atom stereocenters. The molecule has 10 heteroatoms. The smallest absolute Gasteiger partial charge is 0.260 e. The molecular weight excluding hydrogens is 499 g/mol. The highest BCUT2D eigenvalue weighted by Crippen LogP contribution is 2.31. The molecule has 0 radical (unpaired) electrons. The van der Waals surface area contributed by atoms with Crippen LogP contribution in [0, 0.1) is 5.82 Å². The molecule has 1 aromatic heterocycles. The summed E-state index contributed by atoms with van der Waals surface area (Å²) in [7, 11) is -3.63. The van der Waals surface area contributed by atoms with Gasteiger partial charge in [-0.1, -0.05) is 37.7 Å². The first kappa shape index (κ1) is 26.7. The predicted octanol–water partition coefficient (Wildman–Crippen LogP) is 4.99. The lowest BCUT2D eigenvalue weighted by Gasteiger charge is -2.32. The van der Waals surface area contributed by atoms with Crippen LogP contribution in [-0.2, 0) is 10.0 Å². The minimum Gasteiger partial charge on any atom is -0.302 e. The first-order valence-electron chi connectivity index (χ1n) is 12.5. The van der Waals surface area contributed by atoms with Gasteiger partial charge < -0.3 is 4.90 Å². The molecule has 0 spiro atoms. The van der Waals surface area contributed by atoms with Gasteiger partial charge in [0.05, 0.1) is 9.60 Å². The van der Waals surface area contributed by atoms with Crippen LogP contribution in [0.3, 0.4) is 0 Å². The average molecular weight is 533 g/mol. The third-order valence-corrected chi connectivity index (χ3v) is 9.89. The summed E-state index contributed by atoms with van der Waals surface area (Å²) in [5.74, 6) is -0.718. The second-order valence-electron chi connectivity index (χ2n) is 9.05. The third kappa shape index (κ3) is 5.46. The molecule has 3 aromatic rings. The maximum absolute atomic E-state index is 14.3. The van der Waals surface area contributed by atoms with E-state index in [-0.39, 0.29) is 22.4 Å². The Morgan fingerprint density at radius 3 is 2.47 bits per heavy atom. The summed E-state index contributed by atoms with van der Waals surface area (Å²) in [5, 5.41) is 0.422. The van der Waals surface area contributed by atoms with Crippen molar-refractivity contribution in [2.45, 2.75) is 51.0 Å². The fraction of sp³-hybridized carbons (Fsp3) is 0.462. The molecule has 1 aliphatic heterocycles. The van der Waals surface area contributed by atoms with Crippen LogP contribution in [0.2, 0.25) is 0 Å². The predicted molar refractivity (Wildman–Crippen MR) is 143 cm³/mol. The number of halogens is 1. The van der Waals surface area contributed by atoms with Gasteiger partial charge >= 0.3 is 0 Å². The van der Waals surface area contributed by atoms with E-state index in [2.05, 4.69) is 23.7 Å². The molecule has 1 fully saturated rings. The molecule has 2 aromatic carbocycles. The quantitative estimate of drug-likeness (QED) is 0.388. The van der Waals surface area contributed by atoms with Crippen LogP contribution in [0.5, 0.6) is 0 Å². The van der Waals surface area contributed by atoms with Gasteiger partial charge in [0, 0.05) is 31.2 Å². The van der Waals surface area contributed by atoms with Gasteiger partial charge in [0.2, 0.25) is 10.0 Å². The molecule has 194 valence electrons. The molecule has 1 atom stereocenters. The van der Waals surface area contributed by atoms with E-state index in [4.69, 9.17) is 0 Å². The van der Waals surface area contributed by atoms with E-state index in [1.54, 1.807) is 33.5 Å². The Hall–Kier alpha value is -2.40. The zero-order chi connectivity index (χ0) is 25.9. The van der Waals surface area contributed by atoms with E-state index in [0.29, 0.717) is 35.0 Å². The summed E-state index contributed by atoms with van der Waals surface area (Å²) in [4.78, 5) is 22.0. The van der Waals surface area contributed by atoms with E-state index < -0.39 is 15.8 Å². The number of amides is 1. The lowest BCUT2D eigenvalue weighted by molar-refractivity contribution is 0.0983. The van der Waals surface area contributed by atoms with Crippen molar-refractivity contribution in [1.82, 2.24) is 14.2 Å². The third-order valence-electron chi connectivity index (χ3n) is 6.82. The van der Waals surface area contributed by atoms with Crippen molar-refractivity contribution >= 4 is 42.6 Å². The number of fused-ring (bicyclic) bond motifs is 1. The number of piperidine rings is 1. The molecular formula is C26H33FN4O3S2. The average Bonchev–Trinajstić information content (AvgIpc) is 3.32. The van der Waals surface area contributed by atoms with Gasteiger partial charge in [0.25, 0.3) is 5.91 Å². The number of nitrogens with zero attached hydrogens (tertiary/aromatic N) is 4.